The minimum Gasteiger partial charge on any atom is -0.263 e. The topological polar surface area (TPSA) is 208 Å². The average Bonchev–Trinajstić information content (AvgIpc) is 4.12. The van der Waals surface area contributed by atoms with Crippen molar-refractivity contribution in [3.05, 3.63) is 60.8 Å². The molecule has 15 heteroatoms. The Morgan fingerprint density at radius 2 is 0.550 bits per heavy atom. The summed E-state index contributed by atoms with van der Waals surface area (Å²) in [6.07, 6.45) is 45.3. The second kappa shape index (κ2) is 29.8. The van der Waals surface area contributed by atoms with Crippen molar-refractivity contribution < 1.29 is 0 Å². The number of hydrogen-bond donors (Lipinski definition) is 5. The molecular formula is C45H77N15. The Bertz CT molecular complexity index is 1620. The van der Waals surface area contributed by atoms with Crippen molar-refractivity contribution in [2.45, 2.75) is 200 Å². The third kappa shape index (κ3) is 20.3. The largest absolute Gasteiger partial charge is 0.263 e. The molecule has 0 aliphatic carbocycles. The molecule has 0 aromatic carbocycles. The monoisotopic (exact) mass is 828 g/mol. The van der Waals surface area contributed by atoms with E-state index in [0.29, 0.717) is 0 Å². The Hall–Kier alpha value is -4.30. The zero-order valence-electron chi connectivity index (χ0n) is 36.9. The Kier molecular flexibility index (Phi) is 23.3. The van der Waals surface area contributed by atoms with Crippen LogP contribution in [-0.2, 0) is 32.1 Å². The van der Waals surface area contributed by atoms with Gasteiger partial charge in [0.1, 0.15) is 60.8 Å². The fourth-order valence-electron chi connectivity index (χ4n) is 9.47. The molecular weight excluding hydrogens is 751 g/mol. The van der Waals surface area contributed by atoms with Crippen molar-refractivity contribution in [3.8, 4) is 0 Å². The van der Waals surface area contributed by atoms with Gasteiger partial charge in [0.25, 0.3) is 0 Å². The molecule has 0 radical (unpaired) electrons. The predicted octanol–water partition coefficient (Wildman–Crippen LogP) is 10.0. The van der Waals surface area contributed by atoms with Crippen LogP contribution in [0.5, 0.6) is 0 Å². The fourth-order valence-corrected chi connectivity index (χ4v) is 9.47. The zero-order chi connectivity index (χ0) is 41.6. The van der Waals surface area contributed by atoms with Crippen LogP contribution in [0.1, 0.15) is 197 Å². The van der Waals surface area contributed by atoms with Gasteiger partial charge < -0.3 is 0 Å². The molecule has 4 unspecified atom stereocenters. The third-order valence-corrected chi connectivity index (χ3v) is 12.8. The van der Waals surface area contributed by atoms with Crippen molar-refractivity contribution >= 4 is 0 Å². The summed E-state index contributed by atoms with van der Waals surface area (Å²) in [5.41, 5.74) is 0. The molecule has 0 aliphatic rings. The van der Waals surface area contributed by atoms with Crippen molar-refractivity contribution in [1.29, 1.82) is 0 Å². The van der Waals surface area contributed by atoms with Gasteiger partial charge in [0.2, 0.25) is 0 Å². The Balaban J connectivity index is 1.08. The summed E-state index contributed by atoms with van der Waals surface area (Å²) in [6, 6.07) is 0. The van der Waals surface area contributed by atoms with E-state index in [1.165, 1.54) is 161 Å². The summed E-state index contributed by atoms with van der Waals surface area (Å²) >= 11 is 0. The Labute approximate surface area is 359 Å². The van der Waals surface area contributed by atoms with Crippen LogP contribution in [0, 0.1) is 23.7 Å². The molecule has 0 spiro atoms. The molecule has 0 bridgehead atoms. The van der Waals surface area contributed by atoms with E-state index in [9.17, 15) is 0 Å². The van der Waals surface area contributed by atoms with Gasteiger partial charge in [-0.25, -0.2) is 24.9 Å². The minimum absolute atomic E-state index is 0.764. The molecule has 0 fully saturated rings. The lowest BCUT2D eigenvalue weighted by molar-refractivity contribution is 0.307. The second-order valence-electron chi connectivity index (χ2n) is 17.6. The molecule has 5 heterocycles. The Morgan fingerprint density at radius 1 is 0.300 bits per heavy atom. The van der Waals surface area contributed by atoms with Gasteiger partial charge in [-0.2, -0.15) is 25.5 Å². The molecule has 15 nitrogen and oxygen atoms in total. The quantitative estimate of drug-likeness (QED) is 0.0238. The number of unbranched alkanes of at least 4 members (excludes halogenated alkanes) is 4. The first kappa shape index (κ1) is 46.8. The lowest BCUT2D eigenvalue weighted by Gasteiger charge is -2.23. The minimum atomic E-state index is 0.764. The van der Waals surface area contributed by atoms with Gasteiger partial charge in [-0.05, 0) is 55.8 Å². The number of aromatic amines is 5. The number of hydrogen-bond acceptors (Lipinski definition) is 10. The first-order valence-corrected chi connectivity index (χ1v) is 23.9. The molecule has 60 heavy (non-hydrogen) atoms. The van der Waals surface area contributed by atoms with Crippen LogP contribution in [0.3, 0.4) is 0 Å². The highest BCUT2D eigenvalue weighted by Crippen LogP contribution is 2.31. The summed E-state index contributed by atoms with van der Waals surface area (Å²) in [5.74, 6) is 8.21. The summed E-state index contributed by atoms with van der Waals surface area (Å²) in [5, 5.41) is 35.5. The zero-order valence-corrected chi connectivity index (χ0v) is 36.9. The van der Waals surface area contributed by atoms with E-state index >= 15 is 0 Å². The highest BCUT2D eigenvalue weighted by atomic mass is 15.2. The van der Waals surface area contributed by atoms with Crippen LogP contribution in [-0.4, -0.2) is 75.9 Å². The molecule has 0 saturated carbocycles. The normalized spacial score (nSPS) is 13.8. The highest BCUT2D eigenvalue weighted by molar-refractivity contribution is 4.84. The van der Waals surface area contributed by atoms with Crippen LogP contribution < -0.4 is 0 Å². The van der Waals surface area contributed by atoms with Gasteiger partial charge in [0.15, 0.2) is 0 Å². The van der Waals surface area contributed by atoms with E-state index in [1.807, 2.05) is 0 Å². The number of aromatic nitrogens is 15. The van der Waals surface area contributed by atoms with E-state index in [2.05, 4.69) is 82.8 Å². The molecule has 5 aromatic rings. The van der Waals surface area contributed by atoms with E-state index in [4.69, 9.17) is 0 Å². The van der Waals surface area contributed by atoms with Crippen molar-refractivity contribution in [2.75, 3.05) is 0 Å². The van der Waals surface area contributed by atoms with Crippen LogP contribution in [0.15, 0.2) is 31.6 Å². The van der Waals surface area contributed by atoms with Crippen molar-refractivity contribution in [1.82, 2.24) is 75.9 Å². The fraction of sp³-hybridized carbons (Fsp3) is 0.778. The molecule has 0 saturated heterocycles. The van der Waals surface area contributed by atoms with Gasteiger partial charge in [-0.3, -0.25) is 25.5 Å². The smallest absolute Gasteiger partial charge is 0.137 e. The van der Waals surface area contributed by atoms with E-state index in [0.717, 1.165) is 84.9 Å². The number of rotatable bonds is 38. The molecule has 5 rings (SSSR count). The summed E-state index contributed by atoms with van der Waals surface area (Å²) < 4.78 is 0. The van der Waals surface area contributed by atoms with E-state index in [1.54, 1.807) is 31.6 Å². The second-order valence-corrected chi connectivity index (χ2v) is 17.6. The number of nitrogens with one attached hydrogen (secondary N) is 5. The van der Waals surface area contributed by atoms with E-state index < -0.39 is 0 Å². The average molecular weight is 828 g/mol. The molecule has 0 amide bonds. The lowest BCUT2D eigenvalue weighted by atomic mass is 9.83. The molecule has 332 valence electrons. The van der Waals surface area contributed by atoms with Gasteiger partial charge in [-0.15, -0.1) is 0 Å². The van der Waals surface area contributed by atoms with Gasteiger partial charge in [-0.1, -0.05) is 135 Å². The summed E-state index contributed by atoms with van der Waals surface area (Å²) in [4.78, 5) is 21.8. The number of H-pyrrole nitrogens is 5. The maximum absolute atomic E-state index is 4.42. The molecule has 4 atom stereocenters. The predicted molar refractivity (Wildman–Crippen MR) is 235 cm³/mol. The van der Waals surface area contributed by atoms with Crippen LogP contribution in [0.25, 0.3) is 0 Å². The maximum atomic E-state index is 4.42. The lowest BCUT2D eigenvalue weighted by Crippen LogP contribution is -2.09. The van der Waals surface area contributed by atoms with Gasteiger partial charge in [0.05, 0.1) is 0 Å². The van der Waals surface area contributed by atoms with Gasteiger partial charge >= 0.3 is 0 Å². The maximum Gasteiger partial charge on any atom is 0.137 e. The van der Waals surface area contributed by atoms with Crippen LogP contribution in [0.4, 0.5) is 0 Å². The standard InChI is InChI=1S/C45H77N15/c1-2-15-37(23-11-28-42-47-33-52-57-42)17-8-19-39(25-13-30-44-49-35-54-59-44)21-10-22-40(26-14-31-45-50-36-55-60-45)20-9-18-38(24-12-29-43-48-34-53-58-43)16-6-4-3-5-7-27-41-46-32-51-56-41/h32-40H,2-31H2,1H3,(H,46,51,56)(H,47,52,57)(H,48,53,58)(H,49,54,59)(H,50,55,60). The number of aryl methyl sites for hydroxylation is 5. The highest BCUT2D eigenvalue weighted by Gasteiger charge is 2.17. The van der Waals surface area contributed by atoms with Gasteiger partial charge in [0, 0.05) is 32.1 Å². The molecule has 0 aliphatic heterocycles. The first-order valence-electron chi connectivity index (χ1n) is 23.9. The van der Waals surface area contributed by atoms with Crippen molar-refractivity contribution in [3.63, 3.8) is 0 Å². The van der Waals surface area contributed by atoms with Crippen molar-refractivity contribution in [2.24, 2.45) is 23.7 Å². The first-order chi connectivity index (χ1) is 29.7. The molecule has 5 aromatic heterocycles. The summed E-state index contributed by atoms with van der Waals surface area (Å²) in [6.45, 7) is 2.34. The Morgan fingerprint density at radius 3 is 0.850 bits per heavy atom. The SMILES string of the molecule is CCCC(CCCc1ncn[nH]1)CCCC(CCCc1ncn[nH]1)CCCC(CCCc1ncn[nH]1)CCCC(CCCCCCCc1ncn[nH]1)CCCc1ncn[nH]1. The van der Waals surface area contributed by atoms with Crippen LogP contribution >= 0.6 is 0 Å². The summed E-state index contributed by atoms with van der Waals surface area (Å²) in [7, 11) is 0. The van der Waals surface area contributed by atoms with Crippen LogP contribution in [0.2, 0.25) is 0 Å². The van der Waals surface area contributed by atoms with E-state index in [-0.39, 0.29) is 0 Å². The number of nitrogens with zero attached hydrogens (tertiary/aromatic N) is 10. The molecule has 5 N–H and O–H groups in total. The third-order valence-electron chi connectivity index (χ3n) is 12.8.